The average molecular weight is 232 g/mol. The summed E-state index contributed by atoms with van der Waals surface area (Å²) in [6.07, 6.45) is 1.93. The van der Waals surface area contributed by atoms with Gasteiger partial charge in [-0.15, -0.1) is 0 Å². The minimum absolute atomic E-state index is 0.0277. The van der Waals surface area contributed by atoms with Gasteiger partial charge in [0.25, 0.3) is 5.91 Å². The smallest absolute Gasteiger partial charge is 0.251 e. The Kier molecular flexibility index (Phi) is 3.20. The third kappa shape index (κ3) is 2.86. The van der Waals surface area contributed by atoms with Gasteiger partial charge in [-0.2, -0.15) is 0 Å². The van der Waals surface area contributed by atoms with Gasteiger partial charge in [0.05, 0.1) is 0 Å². The molecule has 0 heterocycles. The van der Waals surface area contributed by atoms with Crippen LogP contribution in [0.5, 0.6) is 0 Å². The second-order valence-electron chi connectivity index (χ2n) is 5.45. The zero-order chi connectivity index (χ0) is 12.5. The minimum Gasteiger partial charge on any atom is -0.349 e. The first-order valence-corrected chi connectivity index (χ1v) is 6.13. The Hall–Kier alpha value is -1.35. The lowest BCUT2D eigenvalue weighted by molar-refractivity contribution is 0.0946. The highest BCUT2D eigenvalue weighted by Gasteiger charge is 2.46. The maximum Gasteiger partial charge on any atom is 0.251 e. The van der Waals surface area contributed by atoms with Crippen LogP contribution in [0.4, 0.5) is 0 Å². The van der Waals surface area contributed by atoms with Gasteiger partial charge in [-0.25, -0.2) is 0 Å². The molecule has 0 bridgehead atoms. The van der Waals surface area contributed by atoms with E-state index in [9.17, 15) is 4.79 Å². The maximum atomic E-state index is 11.9. The molecule has 2 rings (SSSR count). The Bertz CT molecular complexity index is 409. The van der Waals surface area contributed by atoms with Crippen LogP contribution >= 0.6 is 0 Å². The van der Waals surface area contributed by atoms with Crippen molar-refractivity contribution in [1.82, 2.24) is 5.32 Å². The lowest BCUT2D eigenvalue weighted by atomic mass is 10.1. The monoisotopic (exact) mass is 232 g/mol. The Morgan fingerprint density at radius 3 is 2.47 bits per heavy atom. The summed E-state index contributed by atoms with van der Waals surface area (Å²) >= 11 is 0. The van der Waals surface area contributed by atoms with Crippen molar-refractivity contribution in [3.8, 4) is 0 Å². The summed E-state index contributed by atoms with van der Waals surface area (Å²) in [5.41, 5.74) is 7.66. The van der Waals surface area contributed by atoms with Gasteiger partial charge in [0.1, 0.15) is 0 Å². The molecule has 3 N–H and O–H groups in total. The first-order valence-electron chi connectivity index (χ1n) is 6.13. The number of carbonyl (C=O) groups excluding carboxylic acids is 1. The van der Waals surface area contributed by atoms with Crippen LogP contribution in [0.25, 0.3) is 0 Å². The molecule has 1 saturated carbocycles. The predicted molar refractivity (Wildman–Crippen MR) is 68.9 cm³/mol. The Balaban J connectivity index is 1.95. The van der Waals surface area contributed by atoms with Crippen LogP contribution in [0, 0.1) is 5.41 Å². The third-order valence-electron chi connectivity index (χ3n) is 3.47. The maximum absolute atomic E-state index is 11.9. The van der Waals surface area contributed by atoms with Gasteiger partial charge in [0.2, 0.25) is 0 Å². The van der Waals surface area contributed by atoms with Crippen molar-refractivity contribution >= 4 is 5.91 Å². The zero-order valence-corrected chi connectivity index (χ0v) is 10.5. The summed E-state index contributed by atoms with van der Waals surface area (Å²) < 4.78 is 0. The quantitative estimate of drug-likeness (QED) is 0.830. The van der Waals surface area contributed by atoms with Gasteiger partial charge < -0.3 is 11.1 Å². The molecule has 1 aromatic carbocycles. The highest BCUT2D eigenvalue weighted by molar-refractivity contribution is 5.94. The van der Waals surface area contributed by atoms with Crippen molar-refractivity contribution in [1.29, 1.82) is 0 Å². The molecule has 0 aromatic heterocycles. The van der Waals surface area contributed by atoms with Gasteiger partial charge >= 0.3 is 0 Å². The van der Waals surface area contributed by atoms with Crippen LogP contribution < -0.4 is 11.1 Å². The molecule has 1 aliphatic rings. The molecule has 1 aromatic rings. The predicted octanol–water partition coefficient (Wildman–Crippen LogP) is 1.72. The molecular weight excluding hydrogens is 212 g/mol. The molecule has 1 amide bonds. The van der Waals surface area contributed by atoms with E-state index in [4.69, 9.17) is 5.73 Å². The Labute approximate surface area is 102 Å². The molecule has 17 heavy (non-hydrogen) atoms. The first-order chi connectivity index (χ1) is 8.03. The largest absolute Gasteiger partial charge is 0.349 e. The molecule has 1 fully saturated rings. The van der Waals surface area contributed by atoms with Crippen molar-refractivity contribution in [2.24, 2.45) is 11.1 Å². The van der Waals surface area contributed by atoms with E-state index >= 15 is 0 Å². The summed E-state index contributed by atoms with van der Waals surface area (Å²) in [6, 6.07) is 8.02. The van der Waals surface area contributed by atoms with Crippen LogP contribution in [0.1, 0.15) is 36.2 Å². The highest BCUT2D eigenvalue weighted by Crippen LogP contribution is 2.44. The van der Waals surface area contributed by atoms with E-state index in [0.29, 0.717) is 12.6 Å². The standard InChI is InChI=1S/C14H20N2O/c1-14(2)9-12(14)16-13(17)11-5-3-10(4-6-11)7-8-15/h3-6,12H,7-9,15H2,1-2H3,(H,16,17). The van der Waals surface area contributed by atoms with Gasteiger partial charge in [-0.3, -0.25) is 4.79 Å². The van der Waals surface area contributed by atoms with Crippen LogP contribution in [-0.2, 0) is 6.42 Å². The van der Waals surface area contributed by atoms with Gasteiger partial charge in [-0.1, -0.05) is 26.0 Å². The van der Waals surface area contributed by atoms with E-state index < -0.39 is 0 Å². The van der Waals surface area contributed by atoms with E-state index in [2.05, 4.69) is 19.2 Å². The molecule has 1 aliphatic carbocycles. The number of rotatable bonds is 4. The second kappa shape index (κ2) is 4.49. The van der Waals surface area contributed by atoms with Gasteiger partial charge in [0.15, 0.2) is 0 Å². The van der Waals surface area contributed by atoms with Crippen LogP contribution in [-0.4, -0.2) is 18.5 Å². The summed E-state index contributed by atoms with van der Waals surface area (Å²) in [4.78, 5) is 11.9. The fraction of sp³-hybridized carbons (Fsp3) is 0.500. The minimum atomic E-state index is 0.0277. The van der Waals surface area contributed by atoms with E-state index in [1.807, 2.05) is 24.3 Å². The summed E-state index contributed by atoms with van der Waals surface area (Å²) in [5.74, 6) is 0.0277. The molecule has 0 aliphatic heterocycles. The third-order valence-corrected chi connectivity index (χ3v) is 3.47. The van der Waals surface area contributed by atoms with Gasteiger partial charge in [-0.05, 0) is 42.5 Å². The van der Waals surface area contributed by atoms with E-state index in [1.165, 1.54) is 5.56 Å². The lowest BCUT2D eigenvalue weighted by Gasteiger charge is -2.07. The Morgan fingerprint density at radius 1 is 1.41 bits per heavy atom. The molecule has 0 radical (unpaired) electrons. The van der Waals surface area contributed by atoms with Crippen molar-refractivity contribution < 1.29 is 4.79 Å². The van der Waals surface area contributed by atoms with Crippen LogP contribution in [0.3, 0.4) is 0 Å². The Morgan fingerprint density at radius 2 is 2.00 bits per heavy atom. The van der Waals surface area contributed by atoms with E-state index in [1.54, 1.807) is 0 Å². The summed E-state index contributed by atoms with van der Waals surface area (Å²) in [7, 11) is 0. The van der Waals surface area contributed by atoms with Gasteiger partial charge in [0, 0.05) is 11.6 Å². The fourth-order valence-electron chi connectivity index (χ4n) is 1.94. The van der Waals surface area contributed by atoms with Crippen molar-refractivity contribution in [2.75, 3.05) is 6.54 Å². The number of benzene rings is 1. The number of nitrogens with one attached hydrogen (secondary N) is 1. The number of carbonyl (C=O) groups is 1. The molecule has 1 unspecified atom stereocenters. The molecular formula is C14H20N2O. The molecule has 0 spiro atoms. The van der Waals surface area contributed by atoms with Crippen LogP contribution in [0.2, 0.25) is 0 Å². The number of hydrogen-bond acceptors (Lipinski definition) is 2. The zero-order valence-electron chi connectivity index (χ0n) is 10.5. The van der Waals surface area contributed by atoms with Crippen molar-refractivity contribution in [3.05, 3.63) is 35.4 Å². The molecule has 92 valence electrons. The average Bonchev–Trinajstić information content (AvgIpc) is 2.87. The first kappa shape index (κ1) is 12.1. The SMILES string of the molecule is CC1(C)CC1NC(=O)c1ccc(CCN)cc1. The summed E-state index contributed by atoms with van der Waals surface area (Å²) in [5, 5.41) is 3.05. The number of nitrogens with two attached hydrogens (primary N) is 1. The topological polar surface area (TPSA) is 55.1 Å². The molecule has 3 heteroatoms. The van der Waals surface area contributed by atoms with E-state index in [-0.39, 0.29) is 11.3 Å². The lowest BCUT2D eigenvalue weighted by Crippen LogP contribution is -2.28. The fourth-order valence-corrected chi connectivity index (χ4v) is 1.94. The molecule has 0 saturated heterocycles. The molecule has 1 atom stereocenters. The normalized spacial score (nSPS) is 21.0. The number of hydrogen-bond donors (Lipinski definition) is 2. The van der Waals surface area contributed by atoms with Crippen LogP contribution in [0.15, 0.2) is 24.3 Å². The second-order valence-corrected chi connectivity index (χ2v) is 5.45. The molecule has 3 nitrogen and oxygen atoms in total. The van der Waals surface area contributed by atoms with Crippen molar-refractivity contribution in [3.63, 3.8) is 0 Å². The highest BCUT2D eigenvalue weighted by atomic mass is 16.1. The summed E-state index contributed by atoms with van der Waals surface area (Å²) in [6.45, 7) is 4.98. The number of amides is 1. The van der Waals surface area contributed by atoms with E-state index in [0.717, 1.165) is 18.4 Å². The van der Waals surface area contributed by atoms with Crippen molar-refractivity contribution in [2.45, 2.75) is 32.7 Å².